The molecule has 4 nitrogen and oxygen atoms in total. The summed E-state index contributed by atoms with van der Waals surface area (Å²) >= 11 is 0. The maximum absolute atomic E-state index is 12.8. The Labute approximate surface area is 133 Å². The zero-order valence-electron chi connectivity index (χ0n) is 12.4. The molecule has 2 rings (SSSR count). The summed E-state index contributed by atoms with van der Waals surface area (Å²) in [6, 6.07) is 7.42. The molecule has 1 heterocycles. The van der Waals surface area contributed by atoms with Crippen LogP contribution in [0.5, 0.6) is 0 Å². The molecule has 0 radical (unpaired) electrons. The number of likely N-dealkylation sites (tertiary alicyclic amines) is 1. The molecule has 1 aliphatic heterocycles. The zero-order chi connectivity index (χ0) is 17.1. The molecular weight excluding hydrogens is 329 g/mol. The van der Waals surface area contributed by atoms with E-state index >= 15 is 0 Å². The summed E-state index contributed by atoms with van der Waals surface area (Å²) in [6.45, 7) is 0.413. The lowest BCUT2D eigenvalue weighted by Gasteiger charge is -2.33. The van der Waals surface area contributed by atoms with Crippen molar-refractivity contribution in [3.63, 3.8) is 0 Å². The normalized spacial score (nSPS) is 20.2. The third-order valence-electron chi connectivity index (χ3n) is 3.99. The predicted octanol–water partition coefficient (Wildman–Crippen LogP) is 2.61. The van der Waals surface area contributed by atoms with Gasteiger partial charge >= 0.3 is 6.18 Å². The van der Waals surface area contributed by atoms with E-state index in [4.69, 9.17) is 5.26 Å². The van der Waals surface area contributed by atoms with Gasteiger partial charge in [0, 0.05) is 13.1 Å². The lowest BCUT2D eigenvalue weighted by Crippen LogP contribution is -2.43. The molecule has 23 heavy (non-hydrogen) atoms. The highest BCUT2D eigenvalue weighted by molar-refractivity contribution is 7.91. The standard InChI is InChI=1S/C15H17F3N2O2S/c16-15(17,18)13-2-1-7-20(11-13)8-9-23(21,22)14-5-3-12(10-19)4-6-14/h3-6,13H,1-2,7-9,11H2. The number of sulfone groups is 1. The van der Waals surface area contributed by atoms with Crippen molar-refractivity contribution < 1.29 is 21.6 Å². The fourth-order valence-corrected chi connectivity index (χ4v) is 3.91. The fraction of sp³-hybridized carbons (Fsp3) is 0.533. The molecule has 1 saturated heterocycles. The largest absolute Gasteiger partial charge is 0.393 e. The van der Waals surface area contributed by atoms with E-state index in [0.29, 0.717) is 18.5 Å². The number of nitrogens with zero attached hydrogens (tertiary/aromatic N) is 2. The van der Waals surface area contributed by atoms with Crippen LogP contribution in [0.1, 0.15) is 18.4 Å². The van der Waals surface area contributed by atoms with Crippen LogP contribution in [0.15, 0.2) is 29.2 Å². The Morgan fingerprint density at radius 3 is 2.48 bits per heavy atom. The summed E-state index contributed by atoms with van der Waals surface area (Å²) in [5, 5.41) is 8.70. The third kappa shape index (κ3) is 4.69. The molecule has 8 heteroatoms. The Morgan fingerprint density at radius 2 is 1.91 bits per heavy atom. The lowest BCUT2D eigenvalue weighted by molar-refractivity contribution is -0.186. The second-order valence-corrected chi connectivity index (χ2v) is 7.75. The molecule has 0 saturated carbocycles. The Kier molecular flexibility index (Phi) is 5.32. The van der Waals surface area contributed by atoms with Crippen LogP contribution < -0.4 is 0 Å². The van der Waals surface area contributed by atoms with Gasteiger partial charge in [0.1, 0.15) is 0 Å². The van der Waals surface area contributed by atoms with Crippen LogP contribution in [0, 0.1) is 17.2 Å². The van der Waals surface area contributed by atoms with Crippen molar-refractivity contribution in [1.82, 2.24) is 4.90 Å². The quantitative estimate of drug-likeness (QED) is 0.841. The van der Waals surface area contributed by atoms with Gasteiger partial charge in [0.25, 0.3) is 0 Å². The first-order chi connectivity index (χ1) is 10.7. The number of rotatable bonds is 4. The Bertz CT molecular complexity index is 678. The van der Waals surface area contributed by atoms with Crippen LogP contribution >= 0.6 is 0 Å². The fourth-order valence-electron chi connectivity index (χ4n) is 2.63. The van der Waals surface area contributed by atoms with Crippen molar-refractivity contribution in [1.29, 1.82) is 5.26 Å². The molecule has 1 aromatic carbocycles. The molecule has 0 spiro atoms. The molecule has 1 aliphatic rings. The van der Waals surface area contributed by atoms with Crippen LogP contribution in [-0.2, 0) is 9.84 Å². The molecular formula is C15H17F3N2O2S. The predicted molar refractivity (Wildman–Crippen MR) is 78.4 cm³/mol. The van der Waals surface area contributed by atoms with E-state index in [9.17, 15) is 21.6 Å². The topological polar surface area (TPSA) is 61.2 Å². The first kappa shape index (κ1) is 17.8. The maximum Gasteiger partial charge on any atom is 0.393 e. The minimum Gasteiger partial charge on any atom is -0.302 e. The Morgan fingerprint density at radius 1 is 1.26 bits per heavy atom. The second-order valence-electron chi connectivity index (χ2n) is 5.64. The molecule has 1 atom stereocenters. The summed E-state index contributed by atoms with van der Waals surface area (Å²) in [6.07, 6.45) is -3.71. The van der Waals surface area contributed by atoms with Crippen molar-refractivity contribution in [3.05, 3.63) is 29.8 Å². The SMILES string of the molecule is N#Cc1ccc(S(=O)(=O)CCN2CCCC(C(F)(F)F)C2)cc1. The highest BCUT2D eigenvalue weighted by atomic mass is 32.2. The van der Waals surface area contributed by atoms with Gasteiger partial charge in [-0.2, -0.15) is 18.4 Å². The van der Waals surface area contributed by atoms with E-state index in [-0.39, 0.29) is 30.2 Å². The van der Waals surface area contributed by atoms with E-state index < -0.39 is 21.9 Å². The number of piperidine rings is 1. The van der Waals surface area contributed by atoms with Gasteiger partial charge < -0.3 is 4.90 Å². The highest BCUT2D eigenvalue weighted by Crippen LogP contribution is 2.33. The molecule has 0 N–H and O–H groups in total. The monoisotopic (exact) mass is 346 g/mol. The van der Waals surface area contributed by atoms with Gasteiger partial charge in [0.2, 0.25) is 0 Å². The van der Waals surface area contributed by atoms with Gasteiger partial charge in [0.05, 0.1) is 28.2 Å². The van der Waals surface area contributed by atoms with Crippen molar-refractivity contribution >= 4 is 9.84 Å². The van der Waals surface area contributed by atoms with Crippen molar-refractivity contribution in [2.24, 2.45) is 5.92 Å². The van der Waals surface area contributed by atoms with E-state index in [1.54, 1.807) is 4.90 Å². The van der Waals surface area contributed by atoms with E-state index in [0.717, 1.165) is 0 Å². The smallest absolute Gasteiger partial charge is 0.302 e. The third-order valence-corrected chi connectivity index (χ3v) is 5.70. The molecule has 126 valence electrons. The number of benzene rings is 1. The number of hydrogen-bond donors (Lipinski definition) is 0. The van der Waals surface area contributed by atoms with Crippen LogP contribution in [0.3, 0.4) is 0 Å². The summed E-state index contributed by atoms with van der Waals surface area (Å²) in [5.74, 6) is -1.61. The van der Waals surface area contributed by atoms with Crippen LogP contribution in [0.4, 0.5) is 13.2 Å². The summed E-state index contributed by atoms with van der Waals surface area (Å²) in [5.41, 5.74) is 0.355. The van der Waals surface area contributed by atoms with Gasteiger partial charge in [-0.15, -0.1) is 0 Å². The lowest BCUT2D eigenvalue weighted by atomic mass is 9.98. The highest BCUT2D eigenvalue weighted by Gasteiger charge is 2.41. The van der Waals surface area contributed by atoms with Crippen molar-refractivity contribution in [3.8, 4) is 6.07 Å². The second kappa shape index (κ2) is 6.89. The first-order valence-electron chi connectivity index (χ1n) is 7.24. The zero-order valence-corrected chi connectivity index (χ0v) is 13.2. The van der Waals surface area contributed by atoms with Gasteiger partial charge in [-0.05, 0) is 43.7 Å². The minimum atomic E-state index is -4.23. The molecule has 0 bridgehead atoms. The van der Waals surface area contributed by atoms with Crippen molar-refractivity contribution in [2.45, 2.75) is 23.9 Å². The molecule has 0 amide bonds. The summed E-state index contributed by atoms with van der Waals surface area (Å²) in [7, 11) is -3.57. The van der Waals surface area contributed by atoms with Gasteiger partial charge in [0.15, 0.2) is 9.84 Å². The minimum absolute atomic E-state index is 0.0783. The Balaban J connectivity index is 1.97. The summed E-state index contributed by atoms with van der Waals surface area (Å²) < 4.78 is 62.7. The summed E-state index contributed by atoms with van der Waals surface area (Å²) in [4.78, 5) is 1.64. The average Bonchev–Trinajstić information content (AvgIpc) is 2.52. The molecule has 1 fully saturated rings. The Hall–Kier alpha value is -1.59. The molecule has 0 aliphatic carbocycles. The maximum atomic E-state index is 12.8. The van der Waals surface area contributed by atoms with Gasteiger partial charge in [-0.1, -0.05) is 0 Å². The number of alkyl halides is 3. The first-order valence-corrected chi connectivity index (χ1v) is 8.89. The number of hydrogen-bond acceptors (Lipinski definition) is 4. The van der Waals surface area contributed by atoms with Crippen LogP contribution in [0.25, 0.3) is 0 Å². The van der Waals surface area contributed by atoms with E-state index in [1.807, 2.05) is 6.07 Å². The van der Waals surface area contributed by atoms with Gasteiger partial charge in [-0.3, -0.25) is 0 Å². The number of halogens is 3. The van der Waals surface area contributed by atoms with E-state index in [2.05, 4.69) is 0 Å². The molecule has 1 unspecified atom stereocenters. The molecule has 1 aromatic rings. The number of nitriles is 1. The van der Waals surface area contributed by atoms with E-state index in [1.165, 1.54) is 24.3 Å². The molecule has 0 aromatic heterocycles. The van der Waals surface area contributed by atoms with Crippen molar-refractivity contribution in [2.75, 3.05) is 25.4 Å². The van der Waals surface area contributed by atoms with Gasteiger partial charge in [-0.25, -0.2) is 8.42 Å². The average molecular weight is 346 g/mol. The van der Waals surface area contributed by atoms with Crippen LogP contribution in [-0.4, -0.2) is 44.9 Å². The van der Waals surface area contributed by atoms with Crippen LogP contribution in [0.2, 0.25) is 0 Å².